The molecular weight excluding hydrogens is 404 g/mol. The maximum absolute atomic E-state index is 12.4. The number of carbonyl (C=O) groups excluding carboxylic acids is 1. The number of rotatable bonds is 8. The number of benzene rings is 3. The molecule has 0 radical (unpaired) electrons. The van der Waals surface area contributed by atoms with Crippen molar-refractivity contribution in [2.45, 2.75) is 6.61 Å². The molecule has 0 aliphatic heterocycles. The SMILES string of the molecule is COc1cc(OC)cc(C(=O)N/N=C\c2cccc(OCc3ccccc3Cl)c2)c1. The molecule has 6 nitrogen and oxygen atoms in total. The van der Waals surface area contributed by atoms with E-state index in [1.54, 1.807) is 18.2 Å². The van der Waals surface area contributed by atoms with Crippen LogP contribution in [0, 0.1) is 0 Å². The van der Waals surface area contributed by atoms with E-state index < -0.39 is 0 Å². The van der Waals surface area contributed by atoms with Crippen molar-refractivity contribution in [3.8, 4) is 17.2 Å². The molecule has 7 heteroatoms. The van der Waals surface area contributed by atoms with Crippen molar-refractivity contribution in [3.63, 3.8) is 0 Å². The minimum absolute atomic E-state index is 0.356. The van der Waals surface area contributed by atoms with Crippen molar-refractivity contribution in [1.29, 1.82) is 0 Å². The van der Waals surface area contributed by atoms with E-state index in [0.717, 1.165) is 11.1 Å². The quantitative estimate of drug-likeness (QED) is 0.420. The van der Waals surface area contributed by atoms with Gasteiger partial charge in [0.2, 0.25) is 0 Å². The molecule has 0 saturated heterocycles. The van der Waals surface area contributed by atoms with Gasteiger partial charge in [-0.2, -0.15) is 5.10 Å². The van der Waals surface area contributed by atoms with E-state index in [9.17, 15) is 4.79 Å². The van der Waals surface area contributed by atoms with Crippen LogP contribution in [0.15, 0.2) is 71.8 Å². The van der Waals surface area contributed by atoms with Crippen LogP contribution >= 0.6 is 11.6 Å². The summed E-state index contributed by atoms with van der Waals surface area (Å²) >= 11 is 6.15. The van der Waals surface area contributed by atoms with Crippen LogP contribution in [0.2, 0.25) is 5.02 Å². The fraction of sp³-hybridized carbons (Fsp3) is 0.130. The zero-order valence-corrected chi connectivity index (χ0v) is 17.3. The van der Waals surface area contributed by atoms with Crippen LogP contribution in [0.25, 0.3) is 0 Å². The number of carbonyl (C=O) groups is 1. The van der Waals surface area contributed by atoms with Crippen molar-refractivity contribution in [1.82, 2.24) is 5.43 Å². The summed E-state index contributed by atoms with van der Waals surface area (Å²) in [7, 11) is 3.05. The summed E-state index contributed by atoms with van der Waals surface area (Å²) in [5.74, 6) is 1.33. The minimum Gasteiger partial charge on any atom is -0.497 e. The van der Waals surface area contributed by atoms with Crippen LogP contribution in [0.3, 0.4) is 0 Å². The van der Waals surface area contributed by atoms with Gasteiger partial charge in [0.15, 0.2) is 0 Å². The van der Waals surface area contributed by atoms with E-state index in [4.69, 9.17) is 25.8 Å². The molecule has 0 spiro atoms. The number of nitrogens with one attached hydrogen (secondary N) is 1. The lowest BCUT2D eigenvalue weighted by Gasteiger charge is -2.08. The number of hydrogen-bond acceptors (Lipinski definition) is 5. The standard InChI is InChI=1S/C23H21ClN2O4/c1-28-20-11-18(12-21(13-20)29-2)23(27)26-25-14-16-6-5-8-19(10-16)30-15-17-7-3-4-9-22(17)24/h3-14H,15H2,1-2H3,(H,26,27)/b25-14-. The van der Waals surface area contributed by atoms with Crippen molar-refractivity contribution in [3.05, 3.63) is 88.4 Å². The Morgan fingerprint density at radius 2 is 1.70 bits per heavy atom. The first kappa shape index (κ1) is 21.2. The first-order valence-electron chi connectivity index (χ1n) is 9.12. The molecule has 1 N–H and O–H groups in total. The zero-order valence-electron chi connectivity index (χ0n) is 16.6. The monoisotopic (exact) mass is 424 g/mol. The fourth-order valence-corrected chi connectivity index (χ4v) is 2.82. The second-order valence-electron chi connectivity index (χ2n) is 6.25. The highest BCUT2D eigenvalue weighted by atomic mass is 35.5. The van der Waals surface area contributed by atoms with Gasteiger partial charge < -0.3 is 14.2 Å². The van der Waals surface area contributed by atoms with E-state index in [1.165, 1.54) is 20.4 Å². The molecule has 0 heterocycles. The maximum Gasteiger partial charge on any atom is 0.271 e. The summed E-state index contributed by atoms with van der Waals surface area (Å²) in [5, 5.41) is 4.68. The molecule has 3 rings (SSSR count). The fourth-order valence-electron chi connectivity index (χ4n) is 2.63. The number of amides is 1. The third-order valence-electron chi connectivity index (χ3n) is 4.20. The molecule has 0 bridgehead atoms. The lowest BCUT2D eigenvalue weighted by Crippen LogP contribution is -2.17. The summed E-state index contributed by atoms with van der Waals surface area (Å²) in [4.78, 5) is 12.4. The van der Waals surface area contributed by atoms with Crippen molar-refractivity contribution in [2.24, 2.45) is 5.10 Å². The molecule has 0 unspecified atom stereocenters. The molecule has 3 aromatic carbocycles. The third kappa shape index (κ3) is 5.75. The van der Waals surface area contributed by atoms with Crippen LogP contribution in [-0.2, 0) is 6.61 Å². The predicted molar refractivity (Wildman–Crippen MR) is 117 cm³/mol. The van der Waals surface area contributed by atoms with Crippen LogP contribution in [-0.4, -0.2) is 26.3 Å². The normalized spacial score (nSPS) is 10.6. The van der Waals surface area contributed by atoms with Gasteiger partial charge in [-0.1, -0.05) is 41.9 Å². The number of halogens is 1. The molecule has 1 amide bonds. The van der Waals surface area contributed by atoms with Gasteiger partial charge in [0.25, 0.3) is 5.91 Å². The predicted octanol–water partition coefficient (Wildman–Crippen LogP) is 4.70. The highest BCUT2D eigenvalue weighted by Gasteiger charge is 2.09. The van der Waals surface area contributed by atoms with Gasteiger partial charge in [0, 0.05) is 22.2 Å². The van der Waals surface area contributed by atoms with E-state index >= 15 is 0 Å². The second-order valence-corrected chi connectivity index (χ2v) is 6.66. The Balaban J connectivity index is 1.62. The van der Waals surface area contributed by atoms with Crippen LogP contribution < -0.4 is 19.6 Å². The van der Waals surface area contributed by atoms with Gasteiger partial charge in [0.1, 0.15) is 23.9 Å². The summed E-state index contributed by atoms with van der Waals surface area (Å²) in [5.41, 5.74) is 4.55. The van der Waals surface area contributed by atoms with Gasteiger partial charge in [-0.25, -0.2) is 5.43 Å². The van der Waals surface area contributed by atoms with Crippen molar-refractivity contribution in [2.75, 3.05) is 14.2 Å². The van der Waals surface area contributed by atoms with Crippen LogP contribution in [0.4, 0.5) is 0 Å². The molecular formula is C23H21ClN2O4. The van der Waals surface area contributed by atoms with Gasteiger partial charge in [0.05, 0.1) is 20.4 Å². The highest BCUT2D eigenvalue weighted by Crippen LogP contribution is 2.22. The lowest BCUT2D eigenvalue weighted by atomic mass is 10.2. The molecule has 0 aromatic heterocycles. The Hall–Kier alpha value is -3.51. The third-order valence-corrected chi connectivity index (χ3v) is 4.57. The number of ether oxygens (including phenoxy) is 3. The van der Waals surface area contributed by atoms with Gasteiger partial charge >= 0.3 is 0 Å². The number of methoxy groups -OCH3 is 2. The summed E-state index contributed by atoms with van der Waals surface area (Å²) in [6, 6.07) is 19.8. The summed E-state index contributed by atoms with van der Waals surface area (Å²) < 4.78 is 16.2. The summed E-state index contributed by atoms with van der Waals surface area (Å²) in [6.45, 7) is 0.356. The first-order valence-corrected chi connectivity index (χ1v) is 9.49. The van der Waals surface area contributed by atoms with Gasteiger partial charge in [-0.05, 0) is 35.9 Å². The van der Waals surface area contributed by atoms with Gasteiger partial charge in [-0.15, -0.1) is 0 Å². The van der Waals surface area contributed by atoms with E-state index in [2.05, 4.69) is 10.5 Å². The topological polar surface area (TPSA) is 69.2 Å². The lowest BCUT2D eigenvalue weighted by molar-refractivity contribution is 0.0954. The molecule has 30 heavy (non-hydrogen) atoms. The molecule has 0 atom stereocenters. The highest BCUT2D eigenvalue weighted by molar-refractivity contribution is 6.31. The smallest absolute Gasteiger partial charge is 0.271 e. The molecule has 3 aromatic rings. The Labute approximate surface area is 180 Å². The molecule has 0 saturated carbocycles. The van der Waals surface area contributed by atoms with E-state index in [0.29, 0.717) is 34.4 Å². The Morgan fingerprint density at radius 3 is 2.40 bits per heavy atom. The number of hydrogen-bond donors (Lipinski definition) is 1. The Kier molecular flexibility index (Phi) is 7.29. The van der Waals surface area contributed by atoms with E-state index in [-0.39, 0.29) is 5.91 Å². The van der Waals surface area contributed by atoms with Crippen LogP contribution in [0.1, 0.15) is 21.5 Å². The second kappa shape index (κ2) is 10.3. The molecule has 0 aliphatic rings. The average molecular weight is 425 g/mol. The largest absolute Gasteiger partial charge is 0.497 e. The number of hydrazone groups is 1. The maximum atomic E-state index is 12.4. The van der Waals surface area contributed by atoms with E-state index in [1.807, 2.05) is 48.5 Å². The average Bonchev–Trinajstić information content (AvgIpc) is 2.78. The van der Waals surface area contributed by atoms with Crippen molar-refractivity contribution < 1.29 is 19.0 Å². The zero-order chi connectivity index (χ0) is 21.3. The molecule has 154 valence electrons. The number of nitrogens with zero attached hydrogens (tertiary/aromatic N) is 1. The minimum atomic E-state index is -0.380. The van der Waals surface area contributed by atoms with Crippen molar-refractivity contribution >= 4 is 23.7 Å². The summed E-state index contributed by atoms with van der Waals surface area (Å²) in [6.07, 6.45) is 1.54. The molecule has 0 aliphatic carbocycles. The Morgan fingerprint density at radius 1 is 0.967 bits per heavy atom. The first-order chi connectivity index (χ1) is 14.6. The molecule has 0 fully saturated rings. The Bertz CT molecular complexity index is 1030. The van der Waals surface area contributed by atoms with Crippen LogP contribution in [0.5, 0.6) is 17.2 Å². The van der Waals surface area contributed by atoms with Gasteiger partial charge in [-0.3, -0.25) is 4.79 Å².